The van der Waals surface area contributed by atoms with E-state index in [1.165, 1.54) is 22.3 Å². The molecule has 2 heteroatoms. The first-order valence-electron chi connectivity index (χ1n) is 11.0. The highest BCUT2D eigenvalue weighted by Gasteiger charge is 2.24. The molecule has 0 bridgehead atoms. The Kier molecular flexibility index (Phi) is 7.15. The minimum Gasteiger partial charge on any atom is -0.385 e. The second-order valence-corrected chi connectivity index (χ2v) is 9.01. The van der Waals surface area contributed by atoms with Crippen LogP contribution in [0.15, 0.2) is 97.1 Å². The Morgan fingerprint density at radius 1 is 0.645 bits per heavy atom. The van der Waals surface area contributed by atoms with E-state index in [0.717, 1.165) is 6.42 Å². The summed E-state index contributed by atoms with van der Waals surface area (Å²) in [5, 5.41) is 19.0. The molecule has 5 rings (SSSR count). The van der Waals surface area contributed by atoms with Gasteiger partial charge in [-0.25, -0.2) is 0 Å². The molecule has 4 unspecified atom stereocenters. The fourth-order valence-electron chi connectivity index (χ4n) is 3.74. The van der Waals surface area contributed by atoms with Crippen LogP contribution >= 0.6 is 0 Å². The van der Waals surface area contributed by atoms with Crippen LogP contribution in [0.4, 0.5) is 0 Å². The molecule has 2 aromatic rings. The molecule has 0 heterocycles. The van der Waals surface area contributed by atoms with E-state index in [1.807, 2.05) is 76.3 Å². The minimum atomic E-state index is -0.630. The summed E-state index contributed by atoms with van der Waals surface area (Å²) in [6, 6.07) is 17.3. The molecule has 2 aromatic carbocycles. The predicted molar refractivity (Wildman–Crippen MR) is 131 cm³/mol. The van der Waals surface area contributed by atoms with Crippen LogP contribution in [0, 0.1) is 11.8 Å². The number of aliphatic hydroxyl groups is 2. The van der Waals surface area contributed by atoms with Gasteiger partial charge in [0.1, 0.15) is 0 Å². The first kappa shape index (κ1) is 23.0. The molecule has 2 nitrogen and oxygen atoms in total. The standard InChI is InChI=1S/C13H10.2C8H12O/c1-3-7-12-10(5-1)9-11-6-2-4-8-13(11)12;2*1-7-5-3-4-6-8(7,2)9/h1-8H,9H2;2*3-7,9H,1-2H3. The quantitative estimate of drug-likeness (QED) is 0.456. The van der Waals surface area contributed by atoms with E-state index in [9.17, 15) is 10.2 Å². The highest BCUT2D eigenvalue weighted by Crippen LogP contribution is 2.35. The first-order valence-corrected chi connectivity index (χ1v) is 11.0. The van der Waals surface area contributed by atoms with Gasteiger partial charge in [-0.3, -0.25) is 0 Å². The number of hydrogen-bond donors (Lipinski definition) is 2. The van der Waals surface area contributed by atoms with Gasteiger partial charge in [-0.05, 0) is 42.5 Å². The van der Waals surface area contributed by atoms with Crippen molar-refractivity contribution in [3.05, 3.63) is 108 Å². The summed E-state index contributed by atoms with van der Waals surface area (Å²) in [5.74, 6) is 0.477. The maximum Gasteiger partial charge on any atom is 0.0862 e. The first-order chi connectivity index (χ1) is 14.7. The molecule has 0 spiro atoms. The Labute approximate surface area is 187 Å². The SMILES string of the molecule is CC1C=CC=CC1(C)O.CC1C=CC=CC1(C)O.c1ccc2c(c1)Cc1ccccc1-2. The van der Waals surface area contributed by atoms with Gasteiger partial charge in [-0.1, -0.05) is 111 Å². The number of benzene rings is 2. The lowest BCUT2D eigenvalue weighted by atomic mass is 9.87. The second-order valence-electron chi connectivity index (χ2n) is 9.01. The Morgan fingerprint density at radius 2 is 1.03 bits per heavy atom. The third-order valence-corrected chi connectivity index (χ3v) is 6.44. The predicted octanol–water partition coefficient (Wildman–Crippen LogP) is 6.26. The lowest BCUT2D eigenvalue weighted by Crippen LogP contribution is -2.29. The van der Waals surface area contributed by atoms with Crippen molar-refractivity contribution in [3.63, 3.8) is 0 Å². The van der Waals surface area contributed by atoms with Gasteiger partial charge >= 0.3 is 0 Å². The van der Waals surface area contributed by atoms with Gasteiger partial charge < -0.3 is 10.2 Å². The highest BCUT2D eigenvalue weighted by atomic mass is 16.3. The van der Waals surface area contributed by atoms with Crippen molar-refractivity contribution in [2.45, 2.75) is 45.3 Å². The zero-order chi connectivity index (χ0) is 22.5. The summed E-state index contributed by atoms with van der Waals surface area (Å²) in [6.07, 6.45) is 16.4. The summed E-state index contributed by atoms with van der Waals surface area (Å²) >= 11 is 0. The topological polar surface area (TPSA) is 40.5 Å². The molecule has 162 valence electrons. The molecule has 3 aliphatic carbocycles. The van der Waals surface area contributed by atoms with Crippen LogP contribution in [0.2, 0.25) is 0 Å². The van der Waals surface area contributed by atoms with Crippen LogP contribution in [-0.4, -0.2) is 21.4 Å². The molecule has 4 atom stereocenters. The fourth-order valence-corrected chi connectivity index (χ4v) is 3.74. The van der Waals surface area contributed by atoms with Crippen molar-refractivity contribution in [1.82, 2.24) is 0 Å². The van der Waals surface area contributed by atoms with Crippen LogP contribution in [0.1, 0.15) is 38.8 Å². The van der Waals surface area contributed by atoms with E-state index in [-0.39, 0.29) is 11.8 Å². The van der Waals surface area contributed by atoms with Crippen LogP contribution < -0.4 is 0 Å². The molecule has 0 amide bonds. The number of hydrogen-bond acceptors (Lipinski definition) is 2. The van der Waals surface area contributed by atoms with Gasteiger partial charge in [0.25, 0.3) is 0 Å². The molecule has 0 radical (unpaired) electrons. The summed E-state index contributed by atoms with van der Waals surface area (Å²) in [7, 11) is 0. The average molecular weight is 415 g/mol. The molecule has 3 aliphatic rings. The van der Waals surface area contributed by atoms with Gasteiger partial charge in [0, 0.05) is 11.8 Å². The second kappa shape index (κ2) is 9.64. The highest BCUT2D eigenvalue weighted by molar-refractivity contribution is 5.76. The smallest absolute Gasteiger partial charge is 0.0862 e. The van der Waals surface area contributed by atoms with Gasteiger partial charge in [0.2, 0.25) is 0 Å². The average Bonchev–Trinajstić information content (AvgIpc) is 3.12. The van der Waals surface area contributed by atoms with Crippen molar-refractivity contribution in [3.8, 4) is 11.1 Å². The van der Waals surface area contributed by atoms with Crippen molar-refractivity contribution in [1.29, 1.82) is 0 Å². The number of allylic oxidation sites excluding steroid dienone is 4. The maximum atomic E-state index is 9.50. The van der Waals surface area contributed by atoms with E-state index >= 15 is 0 Å². The summed E-state index contributed by atoms with van der Waals surface area (Å²) in [6.45, 7) is 7.63. The van der Waals surface area contributed by atoms with E-state index in [0.29, 0.717) is 0 Å². The maximum absolute atomic E-state index is 9.50. The molecular weight excluding hydrogens is 380 g/mol. The molecule has 0 saturated carbocycles. The van der Waals surface area contributed by atoms with Crippen molar-refractivity contribution >= 4 is 0 Å². The Balaban J connectivity index is 0.000000136. The van der Waals surface area contributed by atoms with Gasteiger partial charge in [0.15, 0.2) is 0 Å². The Hall–Kier alpha value is -2.68. The van der Waals surface area contributed by atoms with Crippen LogP contribution in [0.5, 0.6) is 0 Å². The number of fused-ring (bicyclic) bond motifs is 3. The molecule has 2 N–H and O–H groups in total. The van der Waals surface area contributed by atoms with Crippen molar-refractivity contribution in [2.75, 3.05) is 0 Å². The third kappa shape index (κ3) is 5.72. The lowest BCUT2D eigenvalue weighted by molar-refractivity contribution is 0.0726. The normalized spacial score (nSPS) is 29.2. The van der Waals surface area contributed by atoms with E-state index in [1.54, 1.807) is 0 Å². The largest absolute Gasteiger partial charge is 0.385 e. The molecular formula is C29H34O2. The zero-order valence-electron chi connectivity index (χ0n) is 19.0. The molecule has 0 aliphatic heterocycles. The molecule has 0 fully saturated rings. The van der Waals surface area contributed by atoms with E-state index in [2.05, 4.69) is 48.5 Å². The van der Waals surface area contributed by atoms with Crippen LogP contribution in [0.25, 0.3) is 11.1 Å². The molecule has 0 aromatic heterocycles. The van der Waals surface area contributed by atoms with E-state index < -0.39 is 11.2 Å². The molecule has 31 heavy (non-hydrogen) atoms. The Bertz CT molecular complexity index is 923. The van der Waals surface area contributed by atoms with E-state index in [4.69, 9.17) is 0 Å². The minimum absolute atomic E-state index is 0.238. The van der Waals surface area contributed by atoms with Gasteiger partial charge in [-0.15, -0.1) is 0 Å². The van der Waals surface area contributed by atoms with Crippen LogP contribution in [-0.2, 0) is 6.42 Å². The fraction of sp³-hybridized carbons (Fsp3) is 0.310. The van der Waals surface area contributed by atoms with Gasteiger partial charge in [0.05, 0.1) is 11.2 Å². The van der Waals surface area contributed by atoms with Crippen molar-refractivity contribution < 1.29 is 10.2 Å². The van der Waals surface area contributed by atoms with Crippen molar-refractivity contribution in [2.24, 2.45) is 11.8 Å². The van der Waals surface area contributed by atoms with Gasteiger partial charge in [-0.2, -0.15) is 0 Å². The summed E-state index contributed by atoms with van der Waals surface area (Å²) in [4.78, 5) is 0. The number of rotatable bonds is 0. The Morgan fingerprint density at radius 3 is 1.35 bits per heavy atom. The monoisotopic (exact) mass is 414 g/mol. The third-order valence-electron chi connectivity index (χ3n) is 6.44. The summed E-state index contributed by atoms with van der Waals surface area (Å²) < 4.78 is 0. The van der Waals surface area contributed by atoms with Crippen LogP contribution in [0.3, 0.4) is 0 Å². The molecule has 0 saturated heterocycles. The zero-order valence-corrected chi connectivity index (χ0v) is 19.0. The summed E-state index contributed by atoms with van der Waals surface area (Å²) in [5.41, 5.74) is 4.49. The lowest BCUT2D eigenvalue weighted by Gasteiger charge is -2.26.